The number of rotatable bonds is 9. The number of benzene rings is 4. The van der Waals surface area contributed by atoms with Crippen LogP contribution in [0.1, 0.15) is 44.6 Å². The molecule has 1 saturated heterocycles. The third kappa shape index (κ3) is 5.02. The Morgan fingerprint density at radius 3 is 2.19 bits per heavy atom. The lowest BCUT2D eigenvalue weighted by atomic mass is 9.65. The van der Waals surface area contributed by atoms with Crippen LogP contribution in [0.2, 0.25) is 0 Å². The van der Waals surface area contributed by atoms with Gasteiger partial charge >= 0.3 is 5.97 Å². The van der Waals surface area contributed by atoms with Crippen molar-refractivity contribution < 1.29 is 42.9 Å². The molecule has 3 aliphatic rings. The highest BCUT2D eigenvalue weighted by Crippen LogP contribution is 2.56. The van der Waals surface area contributed by atoms with Gasteiger partial charge in [-0.15, -0.1) is 0 Å². The van der Waals surface area contributed by atoms with Gasteiger partial charge in [0, 0.05) is 35.2 Å². The first-order chi connectivity index (χ1) is 22.8. The van der Waals surface area contributed by atoms with Crippen LogP contribution in [0.3, 0.4) is 0 Å². The Labute approximate surface area is 269 Å². The fraction of sp³-hybridized carbons (Fsp3) is 0.257. The summed E-state index contributed by atoms with van der Waals surface area (Å²) in [6.45, 7) is 0.142. The maximum absolute atomic E-state index is 13.8. The predicted octanol–water partition coefficient (Wildman–Crippen LogP) is 5.67. The van der Waals surface area contributed by atoms with Gasteiger partial charge in [0.1, 0.15) is 0 Å². The highest BCUT2D eigenvalue weighted by Gasteiger charge is 2.53. The highest BCUT2D eigenvalue weighted by molar-refractivity contribution is 6.12. The van der Waals surface area contributed by atoms with Crippen molar-refractivity contribution in [2.45, 2.75) is 12.0 Å². The van der Waals surface area contributed by atoms with Crippen LogP contribution >= 0.6 is 0 Å². The van der Waals surface area contributed by atoms with E-state index in [4.69, 9.17) is 28.4 Å². The van der Waals surface area contributed by atoms with Crippen LogP contribution in [-0.4, -0.2) is 51.4 Å². The summed E-state index contributed by atoms with van der Waals surface area (Å²) in [4.78, 5) is 38.6. The Morgan fingerprint density at radius 2 is 1.55 bits per heavy atom. The molecule has 12 heteroatoms. The van der Waals surface area contributed by atoms with Gasteiger partial charge in [0.15, 0.2) is 28.8 Å². The van der Waals surface area contributed by atoms with Crippen molar-refractivity contribution in [3.63, 3.8) is 0 Å². The second kappa shape index (κ2) is 11.9. The molecule has 4 aromatic carbocycles. The van der Waals surface area contributed by atoms with Crippen LogP contribution in [-0.2, 0) is 9.53 Å². The van der Waals surface area contributed by atoms with Crippen LogP contribution in [0.5, 0.6) is 28.7 Å². The van der Waals surface area contributed by atoms with E-state index in [0.717, 1.165) is 16.7 Å². The number of fused-ring (bicyclic) bond motifs is 3. The molecule has 0 amide bonds. The molecule has 4 atom stereocenters. The van der Waals surface area contributed by atoms with E-state index >= 15 is 0 Å². The molecule has 0 radical (unpaired) electrons. The smallest absolute Gasteiger partial charge is 0.310 e. The van der Waals surface area contributed by atoms with Crippen LogP contribution < -0.4 is 29.0 Å². The summed E-state index contributed by atoms with van der Waals surface area (Å²) in [5.41, 5.74) is 2.97. The summed E-state index contributed by atoms with van der Waals surface area (Å²) in [5.74, 6) is 0.00528. The number of nitrogens with zero attached hydrogens (tertiary/aromatic N) is 1. The second-order valence-corrected chi connectivity index (χ2v) is 11.4. The number of non-ortho nitro benzene ring substituents is 1. The second-order valence-electron chi connectivity index (χ2n) is 11.4. The number of ketones is 1. The number of ether oxygens (including phenoxy) is 6. The van der Waals surface area contributed by atoms with Crippen LogP contribution in [0.15, 0.2) is 72.8 Å². The monoisotopic (exact) mass is 638 g/mol. The molecule has 7 rings (SSSR count). The van der Waals surface area contributed by atoms with Crippen LogP contribution in [0, 0.1) is 22.0 Å². The third-order valence-corrected chi connectivity index (χ3v) is 9.04. The average Bonchev–Trinajstić information content (AvgIpc) is 3.72. The molecule has 4 aromatic rings. The first-order valence-electron chi connectivity index (χ1n) is 14.9. The van der Waals surface area contributed by atoms with Crippen molar-refractivity contribution in [2.24, 2.45) is 11.8 Å². The van der Waals surface area contributed by atoms with Crippen LogP contribution in [0.4, 0.5) is 11.4 Å². The summed E-state index contributed by atoms with van der Waals surface area (Å²) in [6, 6.07) is 19.5. The number of esters is 1. The van der Waals surface area contributed by atoms with Crippen molar-refractivity contribution in [1.82, 2.24) is 0 Å². The van der Waals surface area contributed by atoms with Crippen molar-refractivity contribution >= 4 is 23.1 Å². The molecule has 1 N–H and O–H groups in total. The molecule has 0 spiro atoms. The first kappa shape index (κ1) is 29.9. The topological polar surface area (TPSA) is 145 Å². The summed E-state index contributed by atoms with van der Waals surface area (Å²) >= 11 is 0. The SMILES string of the molecule is COc1cc([C@@H]2c3cc4c(cc3[C@@H](Nc3ccc([N+](=O)[O-])cc3C(=O)c3ccccc3)[C@H]3COC(=O)[C@H]23)OCO4)cc(OC)c1OC. The van der Waals surface area contributed by atoms with Gasteiger partial charge in [0.25, 0.3) is 5.69 Å². The van der Waals surface area contributed by atoms with E-state index in [-0.39, 0.29) is 36.4 Å². The first-order valence-corrected chi connectivity index (χ1v) is 14.9. The fourth-order valence-electron chi connectivity index (χ4n) is 6.90. The van der Waals surface area contributed by atoms with E-state index in [9.17, 15) is 19.7 Å². The average molecular weight is 639 g/mol. The van der Waals surface area contributed by atoms with E-state index in [1.165, 1.54) is 39.5 Å². The zero-order chi connectivity index (χ0) is 32.8. The summed E-state index contributed by atoms with van der Waals surface area (Å²) in [6.07, 6.45) is 0. The van der Waals surface area contributed by atoms with Gasteiger partial charge < -0.3 is 33.7 Å². The minimum atomic E-state index is -0.658. The lowest BCUT2D eigenvalue weighted by Crippen LogP contribution is -2.38. The summed E-state index contributed by atoms with van der Waals surface area (Å²) in [5, 5.41) is 15.2. The number of nitrogens with one attached hydrogen (secondary N) is 1. The number of hydrogen-bond acceptors (Lipinski definition) is 11. The van der Waals surface area contributed by atoms with E-state index in [2.05, 4.69) is 5.32 Å². The number of carbonyl (C=O) groups is 2. The van der Waals surface area contributed by atoms with Gasteiger partial charge in [0.05, 0.1) is 50.4 Å². The van der Waals surface area contributed by atoms with Crippen LogP contribution in [0.25, 0.3) is 0 Å². The normalized spacial score (nSPS) is 20.4. The summed E-state index contributed by atoms with van der Waals surface area (Å²) < 4.78 is 34.1. The third-order valence-electron chi connectivity index (χ3n) is 9.04. The van der Waals surface area contributed by atoms with Gasteiger partial charge in [-0.25, -0.2) is 0 Å². The Morgan fingerprint density at radius 1 is 0.872 bits per heavy atom. The van der Waals surface area contributed by atoms with Crippen molar-refractivity contribution in [3.05, 3.63) is 111 Å². The minimum Gasteiger partial charge on any atom is -0.493 e. The molecule has 0 unspecified atom stereocenters. The zero-order valence-electron chi connectivity index (χ0n) is 25.7. The predicted molar refractivity (Wildman–Crippen MR) is 168 cm³/mol. The van der Waals surface area contributed by atoms with Crippen molar-refractivity contribution in [1.29, 1.82) is 0 Å². The number of cyclic esters (lactones) is 1. The quantitative estimate of drug-likeness (QED) is 0.105. The van der Waals surface area contributed by atoms with E-state index < -0.39 is 28.7 Å². The molecule has 2 heterocycles. The Kier molecular flexibility index (Phi) is 7.55. The molecule has 0 bridgehead atoms. The van der Waals surface area contributed by atoms with E-state index in [1.54, 1.807) is 30.3 Å². The standard InChI is InChI=1S/C35H30N2O10/c1-42-28-11-19(12-29(43-2)34(28)44-3)30-21-14-26-27(47-17-46-26)15-22(21)32(24-16-45-35(39)31(24)30)36-25-10-9-20(37(40)41)13-23(25)33(38)18-7-5-4-6-8-18/h4-15,24,30-32,36H,16-17H2,1-3H3/t24-,30+,31-,32+/m0/s1. The number of methoxy groups -OCH3 is 3. The Balaban J connectivity index is 1.40. The molecule has 1 aliphatic carbocycles. The maximum Gasteiger partial charge on any atom is 0.310 e. The molecule has 0 aromatic heterocycles. The van der Waals surface area contributed by atoms with Gasteiger partial charge in [-0.2, -0.15) is 0 Å². The van der Waals surface area contributed by atoms with E-state index in [1.807, 2.05) is 24.3 Å². The fourth-order valence-corrected chi connectivity index (χ4v) is 6.90. The molecule has 0 saturated carbocycles. The van der Waals surface area contributed by atoms with Gasteiger partial charge in [-0.05, 0) is 47.0 Å². The maximum atomic E-state index is 13.8. The van der Waals surface area contributed by atoms with Gasteiger partial charge in [-0.3, -0.25) is 19.7 Å². The van der Waals surface area contributed by atoms with Gasteiger partial charge in [0.2, 0.25) is 12.5 Å². The van der Waals surface area contributed by atoms with Crippen molar-refractivity contribution in [3.8, 4) is 28.7 Å². The molecular formula is C35H30N2O10. The number of hydrogen-bond donors (Lipinski definition) is 1. The minimum absolute atomic E-state index is 0.0398. The molecule has 47 heavy (non-hydrogen) atoms. The zero-order valence-corrected chi connectivity index (χ0v) is 25.7. The molecule has 12 nitrogen and oxygen atoms in total. The van der Waals surface area contributed by atoms with Crippen molar-refractivity contribution in [2.75, 3.05) is 40.0 Å². The number of carbonyl (C=O) groups excluding carboxylic acids is 2. The highest BCUT2D eigenvalue weighted by atomic mass is 16.7. The largest absolute Gasteiger partial charge is 0.493 e. The molecule has 2 aliphatic heterocycles. The Bertz CT molecular complexity index is 1890. The molecular weight excluding hydrogens is 608 g/mol. The Hall–Kier alpha value is -5.78. The van der Waals surface area contributed by atoms with Gasteiger partial charge in [-0.1, -0.05) is 30.3 Å². The lowest BCUT2D eigenvalue weighted by molar-refractivity contribution is -0.384. The van der Waals surface area contributed by atoms with E-state index in [0.29, 0.717) is 40.0 Å². The molecule has 240 valence electrons. The number of anilines is 1. The lowest BCUT2D eigenvalue weighted by Gasteiger charge is -2.40. The molecule has 1 fully saturated rings. The summed E-state index contributed by atoms with van der Waals surface area (Å²) in [7, 11) is 4.57. The number of nitro benzene ring substituents is 1. The number of nitro groups is 1.